The number of nitrogens with zero attached hydrogens (tertiary/aromatic N) is 1. The summed E-state index contributed by atoms with van der Waals surface area (Å²) in [7, 11) is -2.06. The van der Waals surface area contributed by atoms with Gasteiger partial charge in [0.15, 0.2) is 0 Å². The van der Waals surface area contributed by atoms with Crippen molar-refractivity contribution >= 4 is 44.8 Å². The van der Waals surface area contributed by atoms with Crippen LogP contribution in [0.25, 0.3) is 0 Å². The lowest BCUT2D eigenvalue weighted by Gasteiger charge is -2.24. The minimum Gasteiger partial charge on any atom is -0.325 e. The molecule has 0 spiro atoms. The monoisotopic (exact) mass is 415 g/mol. The molecule has 26 heavy (non-hydrogen) atoms. The molecular formula is C17H19Cl2N3O3S. The van der Waals surface area contributed by atoms with Crippen LogP contribution in [0.15, 0.2) is 47.4 Å². The minimum absolute atomic E-state index is 0.0676. The fourth-order valence-electron chi connectivity index (χ4n) is 2.27. The highest BCUT2D eigenvalue weighted by Gasteiger charge is 2.20. The first kappa shape index (κ1) is 20.7. The highest BCUT2D eigenvalue weighted by molar-refractivity contribution is 7.89. The van der Waals surface area contributed by atoms with Crippen LogP contribution in [0.1, 0.15) is 12.5 Å². The fourth-order valence-corrected chi connectivity index (χ4v) is 3.21. The number of rotatable bonds is 6. The fraction of sp³-hybridized carbons (Fsp3) is 0.235. The van der Waals surface area contributed by atoms with Crippen LogP contribution in [0, 0.1) is 0 Å². The number of hydrogen-bond acceptors (Lipinski definition) is 4. The molecule has 3 N–H and O–H groups in total. The molecule has 9 heteroatoms. The predicted octanol–water partition coefficient (Wildman–Crippen LogP) is 3.10. The molecule has 0 bridgehead atoms. The number of likely N-dealkylation sites (N-methyl/N-ethyl adjacent to an activating group) is 1. The number of anilines is 1. The molecule has 1 atom stereocenters. The number of nitrogens with two attached hydrogens (primary N) is 1. The molecular weight excluding hydrogens is 397 g/mol. The molecule has 2 aromatic carbocycles. The molecule has 0 aliphatic heterocycles. The maximum absolute atomic E-state index is 12.5. The van der Waals surface area contributed by atoms with Gasteiger partial charge in [0, 0.05) is 12.2 Å². The number of nitrogens with one attached hydrogen (secondary N) is 1. The van der Waals surface area contributed by atoms with Gasteiger partial charge < -0.3 is 5.32 Å². The molecule has 6 nitrogen and oxygen atoms in total. The zero-order chi connectivity index (χ0) is 19.5. The summed E-state index contributed by atoms with van der Waals surface area (Å²) < 4.78 is 22.8. The van der Waals surface area contributed by atoms with Crippen molar-refractivity contribution in [2.24, 2.45) is 5.14 Å². The van der Waals surface area contributed by atoms with Gasteiger partial charge in [-0.25, -0.2) is 13.6 Å². The summed E-state index contributed by atoms with van der Waals surface area (Å²) in [5.41, 5.74) is 1.15. The van der Waals surface area contributed by atoms with E-state index in [1.54, 1.807) is 37.1 Å². The summed E-state index contributed by atoms with van der Waals surface area (Å²) in [5.74, 6) is -0.294. The Morgan fingerprint density at radius 3 is 2.54 bits per heavy atom. The van der Waals surface area contributed by atoms with Crippen molar-refractivity contribution in [1.82, 2.24) is 4.90 Å². The summed E-state index contributed by atoms with van der Waals surface area (Å²) in [5, 5.41) is 8.70. The van der Waals surface area contributed by atoms with Crippen molar-refractivity contribution in [3.8, 4) is 0 Å². The molecule has 1 amide bonds. The predicted molar refractivity (Wildman–Crippen MR) is 104 cm³/mol. The number of carbonyl (C=O) groups is 1. The first-order valence-electron chi connectivity index (χ1n) is 7.66. The van der Waals surface area contributed by atoms with E-state index >= 15 is 0 Å². The van der Waals surface area contributed by atoms with Crippen LogP contribution >= 0.6 is 23.2 Å². The van der Waals surface area contributed by atoms with Crippen molar-refractivity contribution in [2.45, 2.75) is 24.4 Å². The van der Waals surface area contributed by atoms with Gasteiger partial charge in [0.25, 0.3) is 0 Å². The molecule has 2 aromatic rings. The first-order chi connectivity index (χ1) is 12.1. The zero-order valence-corrected chi connectivity index (χ0v) is 16.6. The lowest BCUT2D eigenvalue weighted by Crippen LogP contribution is -2.39. The molecule has 0 saturated heterocycles. The second-order valence-electron chi connectivity index (χ2n) is 5.87. The second kappa shape index (κ2) is 8.37. The average molecular weight is 416 g/mol. The average Bonchev–Trinajstić information content (AvgIpc) is 2.57. The normalized spacial score (nSPS) is 12.8. The number of benzene rings is 2. The summed E-state index contributed by atoms with van der Waals surface area (Å²) in [4.78, 5) is 14.2. The Morgan fingerprint density at radius 2 is 1.88 bits per heavy atom. The lowest BCUT2D eigenvalue weighted by molar-refractivity contribution is -0.120. The Labute approximate surface area is 162 Å². The highest BCUT2D eigenvalue weighted by atomic mass is 35.5. The van der Waals surface area contributed by atoms with E-state index in [0.717, 1.165) is 5.56 Å². The summed E-state index contributed by atoms with van der Waals surface area (Å²) in [6.45, 7) is 2.16. The number of primary sulfonamides is 1. The third kappa shape index (κ3) is 5.18. The van der Waals surface area contributed by atoms with Crippen LogP contribution < -0.4 is 10.5 Å². The van der Waals surface area contributed by atoms with E-state index < -0.39 is 16.1 Å². The number of carbonyl (C=O) groups excluding carboxylic acids is 1. The molecule has 0 fully saturated rings. The van der Waals surface area contributed by atoms with Gasteiger partial charge in [0.2, 0.25) is 15.9 Å². The molecule has 0 radical (unpaired) electrons. The summed E-state index contributed by atoms with van der Waals surface area (Å²) in [6.07, 6.45) is 0. The van der Waals surface area contributed by atoms with Crippen molar-refractivity contribution in [3.05, 3.63) is 58.1 Å². The maximum Gasteiger partial charge on any atom is 0.241 e. The number of hydrogen-bond donors (Lipinski definition) is 2. The van der Waals surface area contributed by atoms with Crippen molar-refractivity contribution in [2.75, 3.05) is 12.4 Å². The number of amides is 1. The topological polar surface area (TPSA) is 92.5 Å². The van der Waals surface area contributed by atoms with Crippen molar-refractivity contribution in [1.29, 1.82) is 0 Å². The number of halogens is 2. The van der Waals surface area contributed by atoms with Crippen LogP contribution in [0.3, 0.4) is 0 Å². The third-order valence-corrected chi connectivity index (χ3v) is 5.69. The molecule has 140 valence electrons. The van der Waals surface area contributed by atoms with E-state index in [2.05, 4.69) is 5.32 Å². The van der Waals surface area contributed by atoms with Crippen molar-refractivity contribution < 1.29 is 13.2 Å². The van der Waals surface area contributed by atoms with Gasteiger partial charge in [-0.2, -0.15) is 0 Å². The van der Waals surface area contributed by atoms with Gasteiger partial charge in [0.1, 0.15) is 0 Å². The van der Waals surface area contributed by atoms with Gasteiger partial charge >= 0.3 is 0 Å². The van der Waals surface area contributed by atoms with Crippen molar-refractivity contribution in [3.63, 3.8) is 0 Å². The van der Waals surface area contributed by atoms with Gasteiger partial charge in [-0.1, -0.05) is 41.4 Å². The SMILES string of the molecule is C[C@@H](C(=O)Nc1cccc(S(N)(=O)=O)c1)N(C)Cc1cccc(Cl)c1Cl. The van der Waals surface area contributed by atoms with Crippen LogP contribution in [0.4, 0.5) is 5.69 Å². The van der Waals surface area contributed by atoms with Crippen LogP contribution in [-0.4, -0.2) is 32.3 Å². The summed E-state index contributed by atoms with van der Waals surface area (Å²) in [6, 6.07) is 10.6. The zero-order valence-electron chi connectivity index (χ0n) is 14.2. The van der Waals surface area contributed by atoms with Crippen LogP contribution in [-0.2, 0) is 21.4 Å². The highest BCUT2D eigenvalue weighted by Crippen LogP contribution is 2.26. The summed E-state index contributed by atoms with van der Waals surface area (Å²) >= 11 is 12.2. The van der Waals surface area contributed by atoms with E-state index in [1.165, 1.54) is 18.2 Å². The molecule has 0 aliphatic carbocycles. The Balaban J connectivity index is 2.08. The largest absolute Gasteiger partial charge is 0.325 e. The van der Waals surface area contributed by atoms with Gasteiger partial charge in [0.05, 0.1) is 21.0 Å². The molecule has 0 saturated carbocycles. The molecule has 0 aromatic heterocycles. The van der Waals surface area contributed by atoms with E-state index in [9.17, 15) is 13.2 Å². The van der Waals surface area contributed by atoms with Gasteiger partial charge in [-0.05, 0) is 43.8 Å². The number of sulfonamides is 1. The Hall–Kier alpha value is -1.64. The third-order valence-electron chi connectivity index (χ3n) is 3.92. The minimum atomic E-state index is -3.84. The van der Waals surface area contributed by atoms with Gasteiger partial charge in [-0.3, -0.25) is 9.69 Å². The molecule has 2 rings (SSSR count). The van der Waals surface area contributed by atoms with Crippen LogP contribution in [0.5, 0.6) is 0 Å². The first-order valence-corrected chi connectivity index (χ1v) is 9.96. The van der Waals surface area contributed by atoms with Gasteiger partial charge in [-0.15, -0.1) is 0 Å². The lowest BCUT2D eigenvalue weighted by atomic mass is 10.2. The Bertz CT molecular complexity index is 919. The van der Waals surface area contributed by atoms with E-state index in [4.69, 9.17) is 28.3 Å². The van der Waals surface area contributed by atoms with E-state index in [1.807, 2.05) is 6.07 Å². The molecule has 0 heterocycles. The van der Waals surface area contributed by atoms with Crippen LogP contribution in [0.2, 0.25) is 10.0 Å². The van der Waals surface area contributed by atoms with E-state index in [0.29, 0.717) is 22.3 Å². The maximum atomic E-state index is 12.5. The smallest absolute Gasteiger partial charge is 0.241 e. The molecule has 0 aliphatic rings. The van der Waals surface area contributed by atoms with E-state index in [-0.39, 0.29) is 10.8 Å². The quantitative estimate of drug-likeness (QED) is 0.757. The Morgan fingerprint density at radius 1 is 1.23 bits per heavy atom. The standard InChI is InChI=1S/C17H19Cl2N3O3S/c1-11(22(2)10-12-5-3-8-15(18)16(12)19)17(23)21-13-6-4-7-14(9-13)26(20,24)25/h3-9,11H,10H2,1-2H3,(H,21,23)(H2,20,24,25)/t11-/m0/s1. The molecule has 0 unspecified atom stereocenters. The second-order valence-corrected chi connectivity index (χ2v) is 8.21. The Kier molecular flexibility index (Phi) is 6.65.